The van der Waals surface area contributed by atoms with Gasteiger partial charge in [0.1, 0.15) is 0 Å². The van der Waals surface area contributed by atoms with Crippen LogP contribution >= 0.6 is 0 Å². The summed E-state index contributed by atoms with van der Waals surface area (Å²) in [6, 6.07) is 30.6. The number of benzene rings is 3. The van der Waals surface area contributed by atoms with E-state index in [0.717, 1.165) is 32.5 Å². The van der Waals surface area contributed by atoms with E-state index in [1.807, 2.05) is 0 Å². The Labute approximate surface area is 178 Å². The number of rotatable bonds is 9. The quantitative estimate of drug-likeness (QED) is 0.372. The molecule has 0 atom stereocenters. The van der Waals surface area contributed by atoms with Crippen molar-refractivity contribution in [2.24, 2.45) is 0 Å². The summed E-state index contributed by atoms with van der Waals surface area (Å²) in [5.74, 6) is 0. The summed E-state index contributed by atoms with van der Waals surface area (Å²) >= 11 is 0. The molecule has 0 bridgehead atoms. The fourth-order valence-corrected chi connectivity index (χ4v) is 3.19. The minimum Gasteiger partial charge on any atom is -0.295 e. The summed E-state index contributed by atoms with van der Waals surface area (Å²) in [5, 5.41) is 0. The van der Waals surface area contributed by atoms with Crippen LogP contribution in [0.4, 0.5) is 0 Å². The Morgan fingerprint density at radius 2 is 1.07 bits per heavy atom. The highest BCUT2D eigenvalue weighted by Crippen LogP contribution is 2.13. The van der Waals surface area contributed by atoms with E-state index in [1.54, 1.807) is 0 Å². The standard InChI is InChI=1S/C24H27N.C4H10/c1-2-21-14-9-15-24(18-21)20-25(19-23-12-7-4-8-13-23)17-16-22-10-5-3-6-11-22;1-3-4-2/h3-15,18H,2,16-17,19-20H2,1H3;3-4H2,1-2H3. The second-order valence-electron chi connectivity index (χ2n) is 7.61. The molecule has 1 heteroatoms. The molecule has 0 aliphatic rings. The third kappa shape index (κ3) is 9.11. The maximum Gasteiger partial charge on any atom is 0.0237 e. The van der Waals surface area contributed by atoms with E-state index in [2.05, 4.69) is 111 Å². The molecule has 0 amide bonds. The average Bonchev–Trinajstić information content (AvgIpc) is 2.79. The molecule has 0 aliphatic carbocycles. The fraction of sp³-hybridized carbons (Fsp3) is 0.357. The van der Waals surface area contributed by atoms with E-state index in [1.165, 1.54) is 35.1 Å². The zero-order chi connectivity index (χ0) is 20.7. The topological polar surface area (TPSA) is 3.24 Å². The zero-order valence-electron chi connectivity index (χ0n) is 18.5. The highest BCUT2D eigenvalue weighted by Gasteiger charge is 2.08. The lowest BCUT2D eigenvalue weighted by Gasteiger charge is -2.23. The highest BCUT2D eigenvalue weighted by molar-refractivity contribution is 5.24. The van der Waals surface area contributed by atoms with E-state index in [0.29, 0.717) is 0 Å². The van der Waals surface area contributed by atoms with Crippen LogP contribution < -0.4 is 0 Å². The molecule has 3 aromatic carbocycles. The summed E-state index contributed by atoms with van der Waals surface area (Å²) in [7, 11) is 0. The van der Waals surface area contributed by atoms with E-state index in [9.17, 15) is 0 Å². The van der Waals surface area contributed by atoms with Gasteiger partial charge in [-0.05, 0) is 35.1 Å². The maximum atomic E-state index is 2.55. The van der Waals surface area contributed by atoms with Crippen molar-refractivity contribution in [3.8, 4) is 0 Å². The smallest absolute Gasteiger partial charge is 0.0237 e. The number of hydrogen-bond donors (Lipinski definition) is 0. The third-order valence-electron chi connectivity index (χ3n) is 5.11. The van der Waals surface area contributed by atoms with Crippen LogP contribution in [0.1, 0.15) is 55.9 Å². The van der Waals surface area contributed by atoms with Crippen molar-refractivity contribution in [3.63, 3.8) is 0 Å². The van der Waals surface area contributed by atoms with Crippen LogP contribution in [0.3, 0.4) is 0 Å². The monoisotopic (exact) mass is 387 g/mol. The largest absolute Gasteiger partial charge is 0.295 e. The molecule has 0 aliphatic heterocycles. The summed E-state index contributed by atoms with van der Waals surface area (Å²) < 4.78 is 0. The van der Waals surface area contributed by atoms with E-state index < -0.39 is 0 Å². The Morgan fingerprint density at radius 1 is 0.552 bits per heavy atom. The van der Waals surface area contributed by atoms with Crippen LogP contribution in [-0.2, 0) is 25.9 Å². The molecule has 0 spiro atoms. The number of unbranched alkanes of at least 4 members (excludes halogenated alkanes) is 1. The highest BCUT2D eigenvalue weighted by atomic mass is 15.1. The van der Waals surface area contributed by atoms with Gasteiger partial charge < -0.3 is 0 Å². The lowest BCUT2D eigenvalue weighted by molar-refractivity contribution is 0.260. The zero-order valence-corrected chi connectivity index (χ0v) is 18.5. The second-order valence-corrected chi connectivity index (χ2v) is 7.61. The average molecular weight is 388 g/mol. The Bertz CT molecular complexity index is 778. The van der Waals surface area contributed by atoms with Gasteiger partial charge >= 0.3 is 0 Å². The summed E-state index contributed by atoms with van der Waals surface area (Å²) in [4.78, 5) is 2.55. The van der Waals surface area contributed by atoms with Crippen LogP contribution in [0.5, 0.6) is 0 Å². The van der Waals surface area contributed by atoms with Crippen molar-refractivity contribution in [1.29, 1.82) is 0 Å². The van der Waals surface area contributed by atoms with Crippen molar-refractivity contribution < 1.29 is 0 Å². The lowest BCUT2D eigenvalue weighted by atomic mass is 10.1. The molecule has 0 fully saturated rings. The molecular weight excluding hydrogens is 350 g/mol. The molecule has 0 saturated heterocycles. The van der Waals surface area contributed by atoms with Gasteiger partial charge in [0, 0.05) is 19.6 Å². The Morgan fingerprint density at radius 3 is 1.66 bits per heavy atom. The minimum atomic E-state index is 0.990. The van der Waals surface area contributed by atoms with Crippen molar-refractivity contribution >= 4 is 0 Å². The molecule has 154 valence electrons. The molecule has 3 rings (SSSR count). The van der Waals surface area contributed by atoms with Gasteiger partial charge in [-0.2, -0.15) is 0 Å². The summed E-state index contributed by atoms with van der Waals surface area (Å²) in [6.45, 7) is 9.63. The Hall–Kier alpha value is -2.38. The van der Waals surface area contributed by atoms with Crippen LogP contribution in [0, 0.1) is 0 Å². The summed E-state index contributed by atoms with van der Waals surface area (Å²) in [6.07, 6.45) is 4.82. The molecule has 0 heterocycles. The van der Waals surface area contributed by atoms with Gasteiger partial charge in [0.2, 0.25) is 0 Å². The molecule has 0 aromatic heterocycles. The molecule has 1 nitrogen and oxygen atoms in total. The van der Waals surface area contributed by atoms with Crippen LogP contribution in [0.25, 0.3) is 0 Å². The van der Waals surface area contributed by atoms with Gasteiger partial charge in [-0.1, -0.05) is 119 Å². The normalized spacial score (nSPS) is 10.5. The van der Waals surface area contributed by atoms with Gasteiger partial charge in [-0.15, -0.1) is 0 Å². The molecule has 0 N–H and O–H groups in total. The number of hydrogen-bond acceptors (Lipinski definition) is 1. The van der Waals surface area contributed by atoms with Gasteiger partial charge in [0.15, 0.2) is 0 Å². The van der Waals surface area contributed by atoms with Gasteiger partial charge in [0.05, 0.1) is 0 Å². The maximum absolute atomic E-state index is 2.55. The predicted molar refractivity (Wildman–Crippen MR) is 127 cm³/mol. The van der Waals surface area contributed by atoms with Crippen molar-refractivity contribution in [1.82, 2.24) is 4.90 Å². The van der Waals surface area contributed by atoms with Crippen molar-refractivity contribution in [2.75, 3.05) is 6.54 Å². The van der Waals surface area contributed by atoms with E-state index >= 15 is 0 Å². The SMILES string of the molecule is CCCC.CCc1cccc(CN(CCc2ccccc2)Cc2ccccc2)c1. The molecule has 0 radical (unpaired) electrons. The van der Waals surface area contributed by atoms with Crippen LogP contribution in [0.2, 0.25) is 0 Å². The van der Waals surface area contributed by atoms with Crippen LogP contribution in [0.15, 0.2) is 84.9 Å². The third-order valence-corrected chi connectivity index (χ3v) is 5.11. The van der Waals surface area contributed by atoms with Crippen molar-refractivity contribution in [3.05, 3.63) is 107 Å². The molecular formula is C28H37N. The van der Waals surface area contributed by atoms with Gasteiger partial charge in [-0.3, -0.25) is 4.90 Å². The first-order valence-corrected chi connectivity index (χ1v) is 11.1. The molecule has 0 saturated carbocycles. The lowest BCUT2D eigenvalue weighted by Crippen LogP contribution is -2.25. The first kappa shape index (κ1) is 22.9. The number of aryl methyl sites for hydroxylation is 1. The summed E-state index contributed by atoms with van der Waals surface area (Å²) in [5.41, 5.74) is 5.61. The van der Waals surface area contributed by atoms with Gasteiger partial charge in [0.25, 0.3) is 0 Å². The molecule has 3 aromatic rings. The predicted octanol–water partition coefficient (Wildman–Crippen LogP) is 7.30. The fourth-order valence-electron chi connectivity index (χ4n) is 3.19. The first-order chi connectivity index (χ1) is 14.2. The van der Waals surface area contributed by atoms with E-state index in [4.69, 9.17) is 0 Å². The molecule has 29 heavy (non-hydrogen) atoms. The van der Waals surface area contributed by atoms with Crippen LogP contribution in [-0.4, -0.2) is 11.4 Å². The van der Waals surface area contributed by atoms with E-state index in [-0.39, 0.29) is 0 Å². The number of nitrogens with zero attached hydrogens (tertiary/aromatic N) is 1. The Kier molecular flexibility index (Phi) is 10.9. The van der Waals surface area contributed by atoms with Crippen molar-refractivity contribution in [2.45, 2.75) is 59.5 Å². The molecule has 0 unspecified atom stereocenters. The Balaban J connectivity index is 0.000000687. The van der Waals surface area contributed by atoms with Gasteiger partial charge in [-0.25, -0.2) is 0 Å². The minimum absolute atomic E-state index is 0.990. The first-order valence-electron chi connectivity index (χ1n) is 11.1. The second kappa shape index (κ2) is 13.7.